The van der Waals surface area contributed by atoms with Crippen LogP contribution in [0.5, 0.6) is 0 Å². The Morgan fingerprint density at radius 3 is 0.983 bits per heavy atom. The SMILES string of the molecule is C[CH]=[Zr]([Cl])([Cl])([CH]1C(O[Si](c2ccccc2)(c2ccccc2)C(C)(C)C)=Cc2ccccc21)[CH]1C(O[Si](c2ccccc2)(c2ccccc2)C(C)(C)C)=Cc2ccccc21. The van der Waals surface area contributed by atoms with Crippen LogP contribution in [0.3, 0.4) is 0 Å². The molecule has 0 spiro atoms. The van der Waals surface area contributed by atoms with Gasteiger partial charge in [0.1, 0.15) is 0 Å². The summed E-state index contributed by atoms with van der Waals surface area (Å²) in [6, 6.07) is 60.6. The molecule has 6 aromatic rings. The van der Waals surface area contributed by atoms with Gasteiger partial charge < -0.3 is 0 Å². The number of halogens is 2. The van der Waals surface area contributed by atoms with Gasteiger partial charge in [0.05, 0.1) is 0 Å². The third-order valence-corrected chi connectivity index (χ3v) is 41.5. The molecule has 2 aliphatic rings. The zero-order chi connectivity index (χ0) is 41.7. The van der Waals surface area contributed by atoms with E-state index in [1.165, 1.54) is 20.7 Å². The van der Waals surface area contributed by atoms with Crippen LogP contribution in [0.4, 0.5) is 0 Å². The van der Waals surface area contributed by atoms with Gasteiger partial charge in [-0.1, -0.05) is 0 Å². The first kappa shape index (κ1) is 41.9. The summed E-state index contributed by atoms with van der Waals surface area (Å²) in [6.07, 6.45) is 4.49. The van der Waals surface area contributed by atoms with Gasteiger partial charge in [-0.25, -0.2) is 0 Å². The van der Waals surface area contributed by atoms with Crippen molar-refractivity contribution < 1.29 is 24.8 Å². The standard InChI is InChI=1S/2C25H25OSi.C2H4.2ClH.Zr/c2*1-25(2,3)27(23-14-6-4-7-15-23,24-16-8-5-9-17-24)26-22-18-20-12-10-11-13-21(20)19-22;1-2;;;/h2*4-19H,1-3H3;1H,2H3;2*1H;/q;;;;;+2/p-2. The van der Waals surface area contributed by atoms with E-state index in [2.05, 4.69) is 234 Å². The van der Waals surface area contributed by atoms with Crippen molar-refractivity contribution in [2.45, 2.75) is 65.8 Å². The first-order valence-corrected chi connectivity index (χ1v) is 35.1. The fourth-order valence-corrected chi connectivity index (χ4v) is 34.9. The summed E-state index contributed by atoms with van der Waals surface area (Å²) in [7, 11) is 11.4. The van der Waals surface area contributed by atoms with E-state index in [9.17, 15) is 0 Å². The third-order valence-electron chi connectivity index (χ3n) is 12.8. The molecule has 0 fully saturated rings. The summed E-state index contributed by atoms with van der Waals surface area (Å²) in [4.78, 5) is 0. The second-order valence-electron chi connectivity index (χ2n) is 18.3. The summed E-state index contributed by atoms with van der Waals surface area (Å²) in [5.74, 6) is 1.70. The Morgan fingerprint density at radius 2 is 0.712 bits per heavy atom. The van der Waals surface area contributed by atoms with E-state index in [1.807, 2.05) is 0 Å². The Balaban J connectivity index is 1.37. The third kappa shape index (κ3) is 6.90. The Morgan fingerprint density at radius 1 is 0.441 bits per heavy atom. The van der Waals surface area contributed by atoms with Crippen molar-refractivity contribution in [1.82, 2.24) is 0 Å². The van der Waals surface area contributed by atoms with Crippen LogP contribution in [-0.4, -0.2) is 20.3 Å². The van der Waals surface area contributed by atoms with Gasteiger partial charge in [0.25, 0.3) is 0 Å². The van der Waals surface area contributed by atoms with Gasteiger partial charge in [0, 0.05) is 0 Å². The maximum atomic E-state index is 8.82. The van der Waals surface area contributed by atoms with Crippen molar-refractivity contribution in [2.24, 2.45) is 0 Å². The number of rotatable bonds is 10. The summed E-state index contributed by atoms with van der Waals surface area (Å²) in [6.45, 7) is 16.0. The Hall–Kier alpha value is -3.83. The quantitative estimate of drug-likeness (QED) is 0.127. The topological polar surface area (TPSA) is 18.5 Å². The summed E-state index contributed by atoms with van der Waals surface area (Å²) >= 11 is -5.61. The zero-order valence-corrected chi connectivity index (χ0v) is 41.1. The monoisotopic (exact) mass is 926 g/mol. The maximum absolute atomic E-state index is 8.82. The average molecular weight is 929 g/mol. The van der Waals surface area contributed by atoms with Crippen molar-refractivity contribution in [3.63, 3.8) is 0 Å². The van der Waals surface area contributed by atoms with Gasteiger partial charge in [-0.2, -0.15) is 0 Å². The van der Waals surface area contributed by atoms with E-state index in [0.29, 0.717) is 0 Å². The van der Waals surface area contributed by atoms with Crippen LogP contribution in [0.2, 0.25) is 10.1 Å². The molecule has 7 heteroatoms. The second kappa shape index (κ2) is 15.6. The van der Waals surface area contributed by atoms with Gasteiger partial charge in [-0.3, -0.25) is 0 Å². The van der Waals surface area contributed by atoms with Crippen molar-refractivity contribution >= 4 is 70.3 Å². The Kier molecular flexibility index (Phi) is 11.1. The molecule has 2 atom stereocenters. The molecule has 0 aromatic heterocycles. The Bertz CT molecular complexity index is 2350. The summed E-state index contributed by atoms with van der Waals surface area (Å²) in [5.41, 5.74) is 4.42. The Labute approximate surface area is 361 Å². The summed E-state index contributed by atoms with van der Waals surface area (Å²) < 4.78 is 17.5. The van der Waals surface area contributed by atoms with Gasteiger partial charge in [0.15, 0.2) is 0 Å². The molecule has 0 N–H and O–H groups in total. The van der Waals surface area contributed by atoms with Crippen LogP contribution in [0.15, 0.2) is 181 Å². The molecule has 0 radical (unpaired) electrons. The molecule has 59 heavy (non-hydrogen) atoms. The molecule has 2 unspecified atom stereocenters. The predicted octanol–water partition coefficient (Wildman–Crippen LogP) is 12.2. The van der Waals surface area contributed by atoms with E-state index in [0.717, 1.165) is 33.8 Å². The molecule has 0 saturated carbocycles. The zero-order valence-electron chi connectivity index (χ0n) is 35.1. The van der Waals surface area contributed by atoms with Crippen LogP contribution in [0.1, 0.15) is 78.0 Å². The van der Waals surface area contributed by atoms with Crippen molar-refractivity contribution in [1.29, 1.82) is 0 Å². The molecular weight excluding hydrogens is 875 g/mol. The normalized spacial score (nSPS) is 17.1. The molecule has 0 aliphatic heterocycles. The molecular formula is C52H54Cl2O2Si2Zr. The van der Waals surface area contributed by atoms with E-state index in [4.69, 9.17) is 25.9 Å². The predicted molar refractivity (Wildman–Crippen MR) is 255 cm³/mol. The molecule has 0 bridgehead atoms. The first-order valence-electron chi connectivity index (χ1n) is 20.7. The molecule has 0 amide bonds. The molecule has 8 rings (SSSR count). The number of hydrogen-bond acceptors (Lipinski definition) is 2. The van der Waals surface area contributed by atoms with Crippen LogP contribution in [0, 0.1) is 0 Å². The molecule has 300 valence electrons. The second-order valence-corrected chi connectivity index (χ2v) is 48.1. The van der Waals surface area contributed by atoms with E-state index in [1.54, 1.807) is 0 Å². The molecule has 6 aromatic carbocycles. The van der Waals surface area contributed by atoms with Crippen LogP contribution < -0.4 is 20.7 Å². The van der Waals surface area contributed by atoms with Gasteiger partial charge >= 0.3 is 364 Å². The number of fused-ring (bicyclic) bond motifs is 2. The van der Waals surface area contributed by atoms with E-state index >= 15 is 0 Å². The first-order chi connectivity index (χ1) is 28.1. The van der Waals surface area contributed by atoms with Crippen LogP contribution >= 0.6 is 17.0 Å². The van der Waals surface area contributed by atoms with E-state index < -0.39 is 39.8 Å². The van der Waals surface area contributed by atoms with E-state index in [-0.39, 0.29) is 10.1 Å². The van der Waals surface area contributed by atoms with Gasteiger partial charge in [0.2, 0.25) is 0 Å². The average Bonchev–Trinajstić information content (AvgIpc) is 3.81. The molecule has 0 saturated heterocycles. The van der Waals surface area contributed by atoms with Crippen molar-refractivity contribution in [3.8, 4) is 0 Å². The van der Waals surface area contributed by atoms with Crippen molar-refractivity contribution in [3.05, 3.63) is 204 Å². The number of allylic oxidation sites excluding steroid dienone is 2. The van der Waals surface area contributed by atoms with Gasteiger partial charge in [-0.05, 0) is 0 Å². The van der Waals surface area contributed by atoms with Crippen LogP contribution in [0.25, 0.3) is 12.2 Å². The molecule has 2 aliphatic carbocycles. The number of benzene rings is 6. The molecule has 2 nitrogen and oxygen atoms in total. The van der Waals surface area contributed by atoms with Gasteiger partial charge in [-0.15, -0.1) is 0 Å². The van der Waals surface area contributed by atoms with Crippen LogP contribution in [-0.2, 0) is 24.8 Å². The fraction of sp³-hybridized carbons (Fsp3) is 0.212. The van der Waals surface area contributed by atoms with Crippen molar-refractivity contribution in [2.75, 3.05) is 0 Å². The fourth-order valence-electron chi connectivity index (χ4n) is 10.1. The molecule has 0 heterocycles. The number of hydrogen-bond donors (Lipinski definition) is 0. The summed E-state index contributed by atoms with van der Waals surface area (Å²) in [5, 5.41) is 4.28. The minimum absolute atomic E-state index is 0.271. The minimum atomic E-state index is -5.61.